The third kappa shape index (κ3) is 36.6. The lowest BCUT2D eigenvalue weighted by Crippen LogP contribution is -2.37. The van der Waals surface area contributed by atoms with Crippen LogP contribution in [0.3, 0.4) is 0 Å². The van der Waals surface area contributed by atoms with Gasteiger partial charge in [0.25, 0.3) is 0 Å². The second kappa shape index (κ2) is 32.7. The van der Waals surface area contributed by atoms with Crippen LogP contribution in [0.1, 0.15) is 181 Å². The number of quaternary nitrogens is 1. The Morgan fingerprint density at radius 2 is 0.979 bits per heavy atom. The average molecular weight is 693 g/mol. The van der Waals surface area contributed by atoms with Crippen molar-refractivity contribution in [2.45, 2.75) is 187 Å². The first-order valence-corrected chi connectivity index (χ1v) is 21.3. The molecule has 0 amide bonds. The lowest BCUT2D eigenvalue weighted by Gasteiger charge is -2.24. The maximum absolute atomic E-state index is 12.6. The number of rotatable bonds is 37. The third-order valence-corrected chi connectivity index (χ3v) is 9.65. The van der Waals surface area contributed by atoms with E-state index in [0.29, 0.717) is 24.1 Å². The molecule has 0 bridgehead atoms. The van der Waals surface area contributed by atoms with Crippen molar-refractivity contribution in [3.63, 3.8) is 0 Å². The van der Waals surface area contributed by atoms with Crippen molar-refractivity contribution in [2.75, 3.05) is 54.1 Å². The van der Waals surface area contributed by atoms with Gasteiger partial charge in [-0.05, 0) is 12.8 Å². The lowest BCUT2D eigenvalue weighted by molar-refractivity contribution is -0.870. The van der Waals surface area contributed by atoms with Gasteiger partial charge in [-0.3, -0.25) is 13.8 Å². The highest BCUT2D eigenvalue weighted by molar-refractivity contribution is 7.47. The molecule has 0 aromatic rings. The van der Waals surface area contributed by atoms with Gasteiger partial charge in [-0.25, -0.2) is 4.57 Å². The first-order chi connectivity index (χ1) is 22.6. The molecule has 1 unspecified atom stereocenters. The maximum atomic E-state index is 12.6. The minimum Gasteiger partial charge on any atom is -0.457 e. The number of phosphoric acid groups is 1. The highest BCUT2D eigenvalue weighted by Gasteiger charge is 2.26. The molecule has 0 aromatic heterocycles. The van der Waals surface area contributed by atoms with Crippen molar-refractivity contribution in [2.24, 2.45) is 0 Å². The number of esters is 1. The molecule has 2 atom stereocenters. The highest BCUT2D eigenvalue weighted by Crippen LogP contribution is 2.43. The Morgan fingerprint density at radius 3 is 1.40 bits per heavy atom. The van der Waals surface area contributed by atoms with E-state index in [4.69, 9.17) is 18.5 Å². The van der Waals surface area contributed by atoms with Crippen LogP contribution >= 0.6 is 7.82 Å². The minimum atomic E-state index is -4.26. The smallest absolute Gasteiger partial charge is 0.457 e. The zero-order chi connectivity index (χ0) is 34.9. The Bertz CT molecular complexity index is 731. The Morgan fingerprint density at radius 1 is 0.574 bits per heavy atom. The Balaban J connectivity index is 4.18. The summed E-state index contributed by atoms with van der Waals surface area (Å²) in [6.07, 6.45) is 31.3. The predicted molar refractivity (Wildman–Crippen MR) is 197 cm³/mol. The summed E-state index contributed by atoms with van der Waals surface area (Å²) in [5.74, 6) is -0.314. The van der Waals surface area contributed by atoms with E-state index in [1.807, 2.05) is 21.1 Å². The Hall–Kier alpha value is -0.500. The molecule has 0 aliphatic heterocycles. The fraction of sp³-hybridized carbons (Fsp3) is 0.974. The molecule has 0 saturated heterocycles. The minimum absolute atomic E-state index is 0.0933. The number of phosphoric ester groups is 1. The van der Waals surface area contributed by atoms with Gasteiger partial charge < -0.3 is 18.9 Å². The summed E-state index contributed by atoms with van der Waals surface area (Å²) >= 11 is 0. The SMILES string of the molecule is CCCCCCCCCCCCCCCCCCOC[C@H](COP(=O)(O)OCC[N+](C)(C)C)OC(=O)CCCCCCCCCCC. The molecule has 8 nitrogen and oxygen atoms in total. The van der Waals surface area contributed by atoms with E-state index in [9.17, 15) is 14.3 Å². The van der Waals surface area contributed by atoms with Gasteiger partial charge in [0.1, 0.15) is 19.3 Å². The van der Waals surface area contributed by atoms with E-state index < -0.39 is 13.9 Å². The fourth-order valence-electron chi connectivity index (χ4n) is 5.55. The standard InChI is InChI=1S/C38H78NO7P/c1-6-8-10-12-14-16-17-18-19-20-21-22-24-26-28-30-33-43-35-37(36-45-47(41,42)44-34-32-39(3,4)5)46-38(40)31-29-27-25-23-15-13-11-9-7-2/h37H,6-36H2,1-5H3/p+1/t37-/m1/s1. The molecule has 0 aliphatic carbocycles. The summed E-state index contributed by atoms with van der Waals surface area (Å²) in [5.41, 5.74) is 0. The molecule has 47 heavy (non-hydrogen) atoms. The molecule has 0 heterocycles. The summed E-state index contributed by atoms with van der Waals surface area (Å²) in [4.78, 5) is 22.7. The molecular formula is C38H79NO7P+. The topological polar surface area (TPSA) is 91.3 Å². The van der Waals surface area contributed by atoms with Crippen LogP contribution in [0.25, 0.3) is 0 Å². The summed E-state index contributed by atoms with van der Waals surface area (Å²) in [6, 6.07) is 0. The van der Waals surface area contributed by atoms with Crippen LogP contribution < -0.4 is 0 Å². The second-order valence-corrected chi connectivity index (χ2v) is 16.1. The molecule has 9 heteroatoms. The van der Waals surface area contributed by atoms with Crippen LogP contribution in [0.4, 0.5) is 0 Å². The predicted octanol–water partition coefficient (Wildman–Crippen LogP) is 10.9. The van der Waals surface area contributed by atoms with E-state index in [2.05, 4.69) is 13.8 Å². The van der Waals surface area contributed by atoms with Gasteiger partial charge in [0.05, 0.1) is 34.4 Å². The number of hydrogen-bond acceptors (Lipinski definition) is 6. The summed E-state index contributed by atoms with van der Waals surface area (Å²) in [5, 5.41) is 0. The molecule has 0 fully saturated rings. The van der Waals surface area contributed by atoms with Crippen molar-refractivity contribution < 1.29 is 37.3 Å². The van der Waals surface area contributed by atoms with Gasteiger partial charge in [-0.1, -0.05) is 162 Å². The normalized spacial score (nSPS) is 13.9. The maximum Gasteiger partial charge on any atom is 0.472 e. The number of unbranched alkanes of at least 4 members (excludes halogenated alkanes) is 23. The Labute approximate surface area is 291 Å². The van der Waals surface area contributed by atoms with Crippen LogP contribution in [0.15, 0.2) is 0 Å². The highest BCUT2D eigenvalue weighted by atomic mass is 31.2. The average Bonchev–Trinajstić information content (AvgIpc) is 3.01. The van der Waals surface area contributed by atoms with Crippen LogP contribution in [0.2, 0.25) is 0 Å². The third-order valence-electron chi connectivity index (χ3n) is 8.67. The zero-order valence-electron chi connectivity index (χ0n) is 31.8. The van der Waals surface area contributed by atoms with Gasteiger partial charge in [0, 0.05) is 13.0 Å². The van der Waals surface area contributed by atoms with Crippen molar-refractivity contribution in [3.05, 3.63) is 0 Å². The number of carbonyl (C=O) groups excluding carboxylic acids is 1. The molecule has 0 radical (unpaired) electrons. The van der Waals surface area contributed by atoms with Gasteiger partial charge in [0.15, 0.2) is 0 Å². The van der Waals surface area contributed by atoms with Gasteiger partial charge in [-0.15, -0.1) is 0 Å². The molecule has 0 saturated carbocycles. The van der Waals surface area contributed by atoms with Gasteiger partial charge >= 0.3 is 13.8 Å². The zero-order valence-corrected chi connectivity index (χ0v) is 32.7. The second-order valence-electron chi connectivity index (χ2n) is 14.7. The van der Waals surface area contributed by atoms with E-state index in [-0.39, 0.29) is 25.8 Å². The lowest BCUT2D eigenvalue weighted by atomic mass is 10.0. The number of nitrogens with zero attached hydrogens (tertiary/aromatic N) is 1. The van der Waals surface area contributed by atoms with Crippen molar-refractivity contribution in [3.8, 4) is 0 Å². The molecule has 1 N–H and O–H groups in total. The van der Waals surface area contributed by atoms with E-state index in [1.165, 1.54) is 128 Å². The fourth-order valence-corrected chi connectivity index (χ4v) is 6.29. The number of hydrogen-bond donors (Lipinski definition) is 1. The Kier molecular flexibility index (Phi) is 32.3. The van der Waals surface area contributed by atoms with Crippen molar-refractivity contribution in [1.29, 1.82) is 0 Å². The number of ether oxygens (including phenoxy) is 2. The number of likely N-dealkylation sites (N-methyl/N-ethyl adjacent to an activating group) is 1. The molecule has 0 aliphatic rings. The van der Waals surface area contributed by atoms with Crippen molar-refractivity contribution >= 4 is 13.8 Å². The molecular weight excluding hydrogens is 613 g/mol. The number of carbonyl (C=O) groups is 1. The quantitative estimate of drug-likeness (QED) is 0.0300. The van der Waals surface area contributed by atoms with Crippen LogP contribution in [0.5, 0.6) is 0 Å². The largest absolute Gasteiger partial charge is 0.472 e. The van der Waals surface area contributed by atoms with Gasteiger partial charge in [-0.2, -0.15) is 0 Å². The summed E-state index contributed by atoms with van der Waals surface area (Å²) in [7, 11) is 1.68. The monoisotopic (exact) mass is 693 g/mol. The summed E-state index contributed by atoms with van der Waals surface area (Å²) in [6.45, 7) is 5.64. The molecule has 0 aromatic carbocycles. The van der Waals surface area contributed by atoms with Crippen molar-refractivity contribution in [1.82, 2.24) is 0 Å². The van der Waals surface area contributed by atoms with Crippen LogP contribution in [-0.2, 0) is 27.9 Å². The molecule has 0 spiro atoms. The van der Waals surface area contributed by atoms with Crippen LogP contribution in [0, 0.1) is 0 Å². The first kappa shape index (κ1) is 46.5. The van der Waals surface area contributed by atoms with E-state index >= 15 is 0 Å². The van der Waals surface area contributed by atoms with Crippen LogP contribution in [-0.4, -0.2) is 75.6 Å². The first-order valence-electron chi connectivity index (χ1n) is 19.8. The molecule has 282 valence electrons. The molecule has 0 rings (SSSR count). The van der Waals surface area contributed by atoms with E-state index in [0.717, 1.165) is 32.1 Å². The van der Waals surface area contributed by atoms with E-state index in [1.54, 1.807) is 0 Å². The summed E-state index contributed by atoms with van der Waals surface area (Å²) < 4.78 is 34.8. The van der Waals surface area contributed by atoms with Gasteiger partial charge in [0.2, 0.25) is 0 Å².